The van der Waals surface area contributed by atoms with Gasteiger partial charge in [-0.1, -0.05) is 0 Å². The molecule has 3 rings (SSSR count). The Hall–Kier alpha value is -1.70. The number of nitrogens with zero attached hydrogens (tertiary/aromatic N) is 2. The Morgan fingerprint density at radius 1 is 1.48 bits per heavy atom. The molecule has 0 spiro atoms. The molecule has 7 heteroatoms. The van der Waals surface area contributed by atoms with Crippen LogP contribution in [0.15, 0.2) is 28.4 Å². The molecule has 0 saturated carbocycles. The first-order valence-corrected chi connectivity index (χ1v) is 9.22. The van der Waals surface area contributed by atoms with E-state index in [0.717, 1.165) is 21.9 Å². The zero-order valence-corrected chi connectivity index (χ0v) is 14.7. The molecule has 5 nitrogen and oxygen atoms in total. The maximum absolute atomic E-state index is 12.1. The summed E-state index contributed by atoms with van der Waals surface area (Å²) >= 11 is 3.12. The van der Waals surface area contributed by atoms with Crippen LogP contribution in [0, 0.1) is 6.92 Å². The highest BCUT2D eigenvalue weighted by molar-refractivity contribution is 7.15. The van der Waals surface area contributed by atoms with Gasteiger partial charge in [-0.15, -0.1) is 11.3 Å². The van der Waals surface area contributed by atoms with Crippen molar-refractivity contribution >= 4 is 33.5 Å². The Morgan fingerprint density at radius 3 is 3.04 bits per heavy atom. The van der Waals surface area contributed by atoms with Crippen molar-refractivity contribution in [3.63, 3.8) is 0 Å². The summed E-state index contributed by atoms with van der Waals surface area (Å²) in [5.41, 5.74) is 1.86. The molecule has 1 unspecified atom stereocenters. The van der Waals surface area contributed by atoms with Crippen molar-refractivity contribution in [1.82, 2.24) is 14.7 Å². The van der Waals surface area contributed by atoms with Crippen LogP contribution in [0.25, 0.3) is 4.96 Å². The number of hydrogen-bond acceptors (Lipinski definition) is 5. The molecule has 1 atom stereocenters. The number of aromatic nitrogens is 2. The van der Waals surface area contributed by atoms with E-state index in [0.29, 0.717) is 12.8 Å². The summed E-state index contributed by atoms with van der Waals surface area (Å²) in [6.45, 7) is 3.89. The number of aliphatic hydroxyl groups is 1. The van der Waals surface area contributed by atoms with E-state index in [1.54, 1.807) is 18.3 Å². The molecule has 1 amide bonds. The minimum Gasteiger partial charge on any atom is -0.384 e. The standard InChI is InChI=1S/C16H19N3O2S2/c1-11-7-19-13(9-23-15(19)18-11)3-4-14(20)17-10-16(2,21)12-5-6-22-8-12/h5-9,21H,3-4,10H2,1-2H3,(H,17,20). The second-order valence-corrected chi connectivity index (χ2v) is 7.44. The van der Waals surface area contributed by atoms with Crippen molar-refractivity contribution in [2.24, 2.45) is 0 Å². The Kier molecular flexibility index (Phi) is 4.52. The third kappa shape index (κ3) is 3.63. The van der Waals surface area contributed by atoms with Crippen molar-refractivity contribution in [3.05, 3.63) is 45.4 Å². The number of imidazole rings is 1. The van der Waals surface area contributed by atoms with E-state index in [4.69, 9.17) is 0 Å². The van der Waals surface area contributed by atoms with E-state index in [9.17, 15) is 9.90 Å². The summed E-state index contributed by atoms with van der Waals surface area (Å²) in [7, 11) is 0. The highest BCUT2D eigenvalue weighted by Crippen LogP contribution is 2.22. The van der Waals surface area contributed by atoms with E-state index in [1.165, 1.54) is 11.3 Å². The van der Waals surface area contributed by atoms with Gasteiger partial charge in [0.05, 0.1) is 12.2 Å². The first-order valence-electron chi connectivity index (χ1n) is 7.39. The lowest BCUT2D eigenvalue weighted by atomic mass is 9.99. The first kappa shape index (κ1) is 16.2. The lowest BCUT2D eigenvalue weighted by Gasteiger charge is -2.22. The summed E-state index contributed by atoms with van der Waals surface area (Å²) in [4.78, 5) is 17.4. The van der Waals surface area contributed by atoms with Crippen molar-refractivity contribution in [3.8, 4) is 0 Å². The molecule has 0 fully saturated rings. The van der Waals surface area contributed by atoms with Crippen LogP contribution >= 0.6 is 22.7 Å². The fourth-order valence-corrected chi connectivity index (χ4v) is 4.13. The molecular formula is C16H19N3O2S2. The zero-order valence-electron chi connectivity index (χ0n) is 13.1. The third-order valence-corrected chi connectivity index (χ3v) is 5.36. The average Bonchev–Trinajstić information content (AvgIpc) is 3.20. The monoisotopic (exact) mass is 349 g/mol. The first-order chi connectivity index (χ1) is 11.0. The predicted molar refractivity (Wildman–Crippen MR) is 93.0 cm³/mol. The lowest BCUT2D eigenvalue weighted by Crippen LogP contribution is -2.38. The van der Waals surface area contributed by atoms with Crippen LogP contribution < -0.4 is 5.32 Å². The molecule has 3 heterocycles. The van der Waals surface area contributed by atoms with Gasteiger partial charge in [0, 0.05) is 23.7 Å². The molecule has 0 radical (unpaired) electrons. The number of thiophene rings is 1. The summed E-state index contributed by atoms with van der Waals surface area (Å²) in [6, 6.07) is 1.88. The van der Waals surface area contributed by atoms with Crippen molar-refractivity contribution < 1.29 is 9.90 Å². The SMILES string of the molecule is Cc1cn2c(CCC(=O)NCC(C)(O)c3ccsc3)csc2n1. The van der Waals surface area contributed by atoms with Gasteiger partial charge in [0.15, 0.2) is 4.96 Å². The summed E-state index contributed by atoms with van der Waals surface area (Å²) < 4.78 is 2.04. The van der Waals surface area contributed by atoms with Crippen molar-refractivity contribution in [1.29, 1.82) is 0 Å². The molecule has 0 aromatic carbocycles. The van der Waals surface area contributed by atoms with Gasteiger partial charge in [0.25, 0.3) is 0 Å². The topological polar surface area (TPSA) is 66.6 Å². The average molecular weight is 349 g/mol. The van der Waals surface area contributed by atoms with Gasteiger partial charge in [-0.3, -0.25) is 9.20 Å². The summed E-state index contributed by atoms with van der Waals surface area (Å²) in [5.74, 6) is -0.0586. The van der Waals surface area contributed by atoms with E-state index in [2.05, 4.69) is 10.3 Å². The van der Waals surface area contributed by atoms with Crippen LogP contribution in [-0.2, 0) is 16.8 Å². The number of carbonyl (C=O) groups excluding carboxylic acids is 1. The molecule has 23 heavy (non-hydrogen) atoms. The van der Waals surface area contributed by atoms with Gasteiger partial charge in [0.2, 0.25) is 5.91 Å². The lowest BCUT2D eigenvalue weighted by molar-refractivity contribution is -0.122. The van der Waals surface area contributed by atoms with Crippen LogP contribution in [0.4, 0.5) is 0 Å². The normalized spacial score (nSPS) is 14.0. The second-order valence-electron chi connectivity index (χ2n) is 5.82. The number of aryl methyl sites for hydroxylation is 2. The summed E-state index contributed by atoms with van der Waals surface area (Å²) in [5, 5.41) is 19.1. The molecule has 0 aliphatic heterocycles. The van der Waals surface area contributed by atoms with Gasteiger partial charge in [-0.2, -0.15) is 11.3 Å². The number of nitrogens with one attached hydrogen (secondary N) is 1. The number of hydrogen-bond donors (Lipinski definition) is 2. The van der Waals surface area contributed by atoms with Gasteiger partial charge in [0.1, 0.15) is 5.60 Å². The van der Waals surface area contributed by atoms with E-state index in [1.807, 2.05) is 39.7 Å². The van der Waals surface area contributed by atoms with Gasteiger partial charge in [-0.05, 0) is 42.7 Å². The smallest absolute Gasteiger partial charge is 0.220 e. The number of amides is 1. The number of rotatable bonds is 6. The molecule has 2 N–H and O–H groups in total. The van der Waals surface area contributed by atoms with Crippen LogP contribution in [0.3, 0.4) is 0 Å². The predicted octanol–water partition coefficient (Wildman–Crippen LogP) is 2.72. The van der Waals surface area contributed by atoms with Crippen LogP contribution in [0.2, 0.25) is 0 Å². The maximum atomic E-state index is 12.1. The summed E-state index contributed by atoms with van der Waals surface area (Å²) in [6.07, 6.45) is 3.03. The fraction of sp³-hybridized carbons (Fsp3) is 0.375. The van der Waals surface area contributed by atoms with E-state index in [-0.39, 0.29) is 12.5 Å². The molecule has 0 aliphatic rings. The number of thiazole rings is 1. The van der Waals surface area contributed by atoms with Gasteiger partial charge >= 0.3 is 0 Å². The minimum absolute atomic E-state index is 0.0586. The number of carbonyl (C=O) groups is 1. The molecule has 0 bridgehead atoms. The Balaban J connectivity index is 1.53. The molecule has 3 aromatic heterocycles. The Labute approximate surface area is 142 Å². The maximum Gasteiger partial charge on any atom is 0.220 e. The molecule has 0 saturated heterocycles. The molecular weight excluding hydrogens is 330 g/mol. The van der Waals surface area contributed by atoms with Crippen molar-refractivity contribution in [2.75, 3.05) is 6.54 Å². The highest BCUT2D eigenvalue weighted by Gasteiger charge is 2.24. The zero-order chi connectivity index (χ0) is 16.4. The van der Waals surface area contributed by atoms with E-state index >= 15 is 0 Å². The molecule has 122 valence electrons. The highest BCUT2D eigenvalue weighted by atomic mass is 32.1. The minimum atomic E-state index is -1.03. The van der Waals surface area contributed by atoms with Crippen LogP contribution in [-0.4, -0.2) is 26.9 Å². The third-order valence-electron chi connectivity index (χ3n) is 3.78. The largest absolute Gasteiger partial charge is 0.384 e. The molecule has 0 aliphatic carbocycles. The second kappa shape index (κ2) is 6.43. The van der Waals surface area contributed by atoms with Gasteiger partial charge in [-0.25, -0.2) is 4.98 Å². The Bertz CT molecular complexity index is 803. The van der Waals surface area contributed by atoms with Crippen LogP contribution in [0.5, 0.6) is 0 Å². The Morgan fingerprint density at radius 2 is 2.30 bits per heavy atom. The quantitative estimate of drug-likeness (QED) is 0.719. The van der Waals surface area contributed by atoms with Crippen molar-refractivity contribution in [2.45, 2.75) is 32.3 Å². The van der Waals surface area contributed by atoms with Crippen LogP contribution in [0.1, 0.15) is 30.3 Å². The molecule has 3 aromatic rings. The number of fused-ring (bicyclic) bond motifs is 1. The van der Waals surface area contributed by atoms with Gasteiger partial charge < -0.3 is 10.4 Å². The fourth-order valence-electron chi connectivity index (χ4n) is 2.40. The van der Waals surface area contributed by atoms with E-state index < -0.39 is 5.60 Å².